The van der Waals surface area contributed by atoms with E-state index in [9.17, 15) is 5.11 Å². The topological polar surface area (TPSA) is 45.1 Å². The van der Waals surface area contributed by atoms with Crippen LogP contribution in [0.2, 0.25) is 0 Å². The number of phenolic OH excluding ortho intramolecular Hbond substituents is 1. The summed E-state index contributed by atoms with van der Waals surface area (Å²) in [6, 6.07) is 16.3. The molecule has 0 bridgehead atoms. The molecule has 0 spiro atoms. The summed E-state index contributed by atoms with van der Waals surface area (Å²) in [5, 5.41) is 10.2. The van der Waals surface area contributed by atoms with Crippen LogP contribution in [0.5, 0.6) is 11.5 Å². The zero-order chi connectivity index (χ0) is 16.8. The van der Waals surface area contributed by atoms with Crippen molar-refractivity contribution < 1.29 is 9.84 Å². The van der Waals surface area contributed by atoms with Gasteiger partial charge in [0.1, 0.15) is 0 Å². The van der Waals surface area contributed by atoms with Crippen molar-refractivity contribution in [3.8, 4) is 11.5 Å². The lowest BCUT2D eigenvalue weighted by atomic mass is 10.1. The first-order chi connectivity index (χ1) is 11.8. The maximum atomic E-state index is 10.2. The van der Waals surface area contributed by atoms with E-state index in [2.05, 4.69) is 34.2 Å². The molecule has 1 aliphatic heterocycles. The van der Waals surface area contributed by atoms with Crippen molar-refractivity contribution in [2.75, 3.05) is 26.7 Å². The molecule has 0 radical (unpaired) electrons. The summed E-state index contributed by atoms with van der Waals surface area (Å²) in [5.74, 6) is 0.610. The molecule has 0 amide bonds. The molecular weight excluding hydrogens is 300 g/mol. The van der Waals surface area contributed by atoms with Gasteiger partial charge in [0.05, 0.1) is 19.7 Å². The van der Waals surface area contributed by atoms with E-state index in [1.807, 2.05) is 18.2 Å². The van der Waals surface area contributed by atoms with E-state index in [-0.39, 0.29) is 11.8 Å². The third-order valence-electron chi connectivity index (χ3n) is 4.52. The molecular formula is C20H24N2O2. The lowest BCUT2D eigenvalue weighted by Gasteiger charge is -2.26. The summed E-state index contributed by atoms with van der Waals surface area (Å²) < 4.78 is 5.14. The summed E-state index contributed by atoms with van der Waals surface area (Å²) >= 11 is 0. The molecule has 4 heteroatoms. The number of rotatable bonds is 6. The molecule has 1 heterocycles. The van der Waals surface area contributed by atoms with Crippen LogP contribution in [0.4, 0.5) is 0 Å². The van der Waals surface area contributed by atoms with Crippen LogP contribution >= 0.6 is 0 Å². The smallest absolute Gasteiger partial charge is 0.166 e. The van der Waals surface area contributed by atoms with Crippen molar-refractivity contribution in [2.24, 2.45) is 4.99 Å². The third-order valence-corrected chi connectivity index (χ3v) is 4.52. The van der Waals surface area contributed by atoms with Crippen LogP contribution in [-0.4, -0.2) is 43.0 Å². The number of hydrogen-bond donors (Lipinski definition) is 1. The van der Waals surface area contributed by atoms with Gasteiger partial charge in [-0.05, 0) is 43.6 Å². The second kappa shape index (κ2) is 7.97. The Balaban J connectivity index is 1.76. The summed E-state index contributed by atoms with van der Waals surface area (Å²) in [5.41, 5.74) is 1.98. The van der Waals surface area contributed by atoms with Gasteiger partial charge in [-0.2, -0.15) is 0 Å². The SMILES string of the molecule is COc1cccc(C=NC[C@@H](c2ccccc2)N2CCCC2)c1O. The molecule has 1 N–H and O–H groups in total. The van der Waals surface area contributed by atoms with Crippen LogP contribution < -0.4 is 4.74 Å². The van der Waals surface area contributed by atoms with Gasteiger partial charge >= 0.3 is 0 Å². The number of para-hydroxylation sites is 1. The number of methoxy groups -OCH3 is 1. The fourth-order valence-electron chi connectivity index (χ4n) is 3.22. The number of nitrogens with zero attached hydrogens (tertiary/aromatic N) is 2. The zero-order valence-electron chi connectivity index (χ0n) is 14.1. The Morgan fingerprint density at radius 3 is 2.58 bits per heavy atom. The van der Waals surface area contributed by atoms with Crippen LogP contribution in [0.1, 0.15) is 30.0 Å². The monoisotopic (exact) mass is 324 g/mol. The van der Waals surface area contributed by atoms with E-state index in [1.165, 1.54) is 18.4 Å². The first-order valence-corrected chi connectivity index (χ1v) is 8.44. The van der Waals surface area contributed by atoms with Crippen LogP contribution in [0.3, 0.4) is 0 Å². The largest absolute Gasteiger partial charge is 0.504 e. The molecule has 24 heavy (non-hydrogen) atoms. The fourth-order valence-corrected chi connectivity index (χ4v) is 3.22. The first kappa shape index (κ1) is 16.5. The summed E-state index contributed by atoms with van der Waals surface area (Å²) in [7, 11) is 1.55. The predicted molar refractivity (Wildman–Crippen MR) is 97.1 cm³/mol. The van der Waals surface area contributed by atoms with E-state index in [4.69, 9.17) is 4.74 Å². The molecule has 0 aliphatic carbocycles. The summed E-state index contributed by atoms with van der Waals surface area (Å²) in [4.78, 5) is 7.12. The average Bonchev–Trinajstić information content (AvgIpc) is 3.15. The van der Waals surface area contributed by atoms with Gasteiger partial charge < -0.3 is 9.84 Å². The zero-order valence-corrected chi connectivity index (χ0v) is 14.1. The number of phenols is 1. The second-order valence-corrected chi connectivity index (χ2v) is 6.06. The highest BCUT2D eigenvalue weighted by molar-refractivity contribution is 5.84. The Morgan fingerprint density at radius 1 is 1.12 bits per heavy atom. The molecule has 0 unspecified atom stereocenters. The summed E-state index contributed by atoms with van der Waals surface area (Å²) in [6.45, 7) is 2.93. The molecule has 0 saturated carbocycles. The third kappa shape index (κ3) is 3.77. The Labute approximate surface area is 143 Å². The molecule has 4 nitrogen and oxygen atoms in total. The molecule has 1 saturated heterocycles. The van der Waals surface area contributed by atoms with Crippen LogP contribution in [0.15, 0.2) is 53.5 Å². The van der Waals surface area contributed by atoms with Crippen LogP contribution in [0.25, 0.3) is 0 Å². The first-order valence-electron chi connectivity index (χ1n) is 8.44. The van der Waals surface area contributed by atoms with Crippen molar-refractivity contribution in [1.82, 2.24) is 4.90 Å². The van der Waals surface area contributed by atoms with Crippen LogP contribution in [-0.2, 0) is 0 Å². The van der Waals surface area contributed by atoms with Gasteiger partial charge in [0.2, 0.25) is 0 Å². The van der Waals surface area contributed by atoms with Crippen molar-refractivity contribution >= 4 is 6.21 Å². The van der Waals surface area contributed by atoms with Gasteiger partial charge in [-0.1, -0.05) is 36.4 Å². The van der Waals surface area contributed by atoms with Gasteiger partial charge in [-0.15, -0.1) is 0 Å². The van der Waals surface area contributed by atoms with Crippen molar-refractivity contribution in [1.29, 1.82) is 0 Å². The number of hydrogen-bond acceptors (Lipinski definition) is 4. The molecule has 3 rings (SSSR count). The molecule has 1 fully saturated rings. The van der Waals surface area contributed by atoms with Gasteiger partial charge in [0.15, 0.2) is 11.5 Å². The van der Waals surface area contributed by atoms with Gasteiger partial charge in [0.25, 0.3) is 0 Å². The minimum atomic E-state index is 0.140. The Hall–Kier alpha value is -2.33. The quantitative estimate of drug-likeness (QED) is 0.825. The van der Waals surface area contributed by atoms with E-state index in [1.54, 1.807) is 19.4 Å². The standard InChI is InChI=1S/C20H24N2O2/c1-24-19-11-7-10-17(20(19)23)14-21-15-18(22-12-5-6-13-22)16-8-3-2-4-9-16/h2-4,7-11,14,18,23H,5-6,12-13,15H2,1H3/t18-/m0/s1. The van der Waals surface area contributed by atoms with Gasteiger partial charge in [-0.3, -0.25) is 9.89 Å². The maximum absolute atomic E-state index is 10.2. The number of aromatic hydroxyl groups is 1. The number of aliphatic imine (C=N–C) groups is 1. The van der Waals surface area contributed by atoms with E-state index in [0.717, 1.165) is 13.1 Å². The Morgan fingerprint density at radius 2 is 1.88 bits per heavy atom. The highest BCUT2D eigenvalue weighted by Crippen LogP contribution is 2.29. The Kier molecular flexibility index (Phi) is 5.49. The fraction of sp³-hybridized carbons (Fsp3) is 0.350. The number of likely N-dealkylation sites (tertiary alicyclic amines) is 1. The normalized spacial score (nSPS) is 16.5. The molecule has 1 atom stereocenters. The average molecular weight is 324 g/mol. The Bertz CT molecular complexity index is 679. The highest BCUT2D eigenvalue weighted by atomic mass is 16.5. The van der Waals surface area contributed by atoms with Crippen molar-refractivity contribution in [3.05, 3.63) is 59.7 Å². The molecule has 2 aromatic carbocycles. The van der Waals surface area contributed by atoms with Gasteiger partial charge in [-0.25, -0.2) is 0 Å². The van der Waals surface area contributed by atoms with Crippen molar-refractivity contribution in [3.63, 3.8) is 0 Å². The van der Waals surface area contributed by atoms with Crippen molar-refractivity contribution in [2.45, 2.75) is 18.9 Å². The highest BCUT2D eigenvalue weighted by Gasteiger charge is 2.22. The minimum Gasteiger partial charge on any atom is -0.504 e. The maximum Gasteiger partial charge on any atom is 0.166 e. The van der Waals surface area contributed by atoms with Gasteiger partial charge in [0, 0.05) is 11.8 Å². The van der Waals surface area contributed by atoms with E-state index >= 15 is 0 Å². The lowest BCUT2D eigenvalue weighted by molar-refractivity contribution is 0.252. The lowest BCUT2D eigenvalue weighted by Crippen LogP contribution is -2.27. The predicted octanol–water partition coefficient (Wildman–Crippen LogP) is 3.66. The minimum absolute atomic E-state index is 0.140. The van der Waals surface area contributed by atoms with E-state index in [0.29, 0.717) is 17.9 Å². The molecule has 2 aromatic rings. The van der Waals surface area contributed by atoms with E-state index < -0.39 is 0 Å². The number of ether oxygens (including phenoxy) is 1. The summed E-state index contributed by atoms with van der Waals surface area (Å²) in [6.07, 6.45) is 4.25. The molecule has 126 valence electrons. The molecule has 1 aliphatic rings. The molecule has 0 aromatic heterocycles. The second-order valence-electron chi connectivity index (χ2n) is 6.06. The number of benzene rings is 2. The van der Waals surface area contributed by atoms with Crippen LogP contribution in [0, 0.1) is 0 Å².